The Balaban J connectivity index is 1.46. The van der Waals surface area contributed by atoms with Crippen molar-refractivity contribution in [2.24, 2.45) is 0 Å². The average molecular weight is 390 g/mol. The van der Waals surface area contributed by atoms with Gasteiger partial charge in [0, 0.05) is 50.6 Å². The van der Waals surface area contributed by atoms with E-state index in [4.69, 9.17) is 9.47 Å². The lowest BCUT2D eigenvalue weighted by atomic mass is 10.0. The molecule has 0 aromatic carbocycles. The third-order valence-electron chi connectivity index (χ3n) is 6.16. The van der Waals surface area contributed by atoms with Crippen LogP contribution in [0.3, 0.4) is 0 Å². The maximum absolute atomic E-state index is 12.6. The zero-order valence-electron chi connectivity index (χ0n) is 17.3. The van der Waals surface area contributed by atoms with Gasteiger partial charge in [-0.15, -0.1) is 0 Å². The second-order valence-corrected chi connectivity index (χ2v) is 8.38. The number of hydrogen-bond acceptors (Lipinski definition) is 7. The van der Waals surface area contributed by atoms with E-state index in [9.17, 15) is 4.79 Å². The molecule has 8 nitrogen and oxygen atoms in total. The molecule has 2 atom stereocenters. The summed E-state index contributed by atoms with van der Waals surface area (Å²) in [6, 6.07) is 2.93. The molecule has 1 aromatic rings. The van der Waals surface area contributed by atoms with Crippen LogP contribution in [0.2, 0.25) is 0 Å². The zero-order chi connectivity index (χ0) is 19.8. The SMILES string of the molecule is COCc1nc(C)cc(N2C[C@@H]3OC(=O)N(C4CCN(C(C)C)CC4)[C@@H]3C2)n1. The molecule has 1 amide bonds. The molecule has 0 spiro atoms. The van der Waals surface area contributed by atoms with Crippen molar-refractivity contribution < 1.29 is 14.3 Å². The smallest absolute Gasteiger partial charge is 0.410 e. The highest BCUT2D eigenvalue weighted by Gasteiger charge is 2.50. The topological polar surface area (TPSA) is 71.0 Å². The number of ether oxygens (including phenoxy) is 2. The van der Waals surface area contributed by atoms with Gasteiger partial charge >= 0.3 is 6.09 Å². The Morgan fingerprint density at radius 3 is 2.68 bits per heavy atom. The van der Waals surface area contributed by atoms with Gasteiger partial charge in [0.2, 0.25) is 0 Å². The molecule has 0 radical (unpaired) electrons. The maximum atomic E-state index is 12.6. The van der Waals surface area contributed by atoms with Gasteiger partial charge in [0.25, 0.3) is 0 Å². The summed E-state index contributed by atoms with van der Waals surface area (Å²) in [5.74, 6) is 1.57. The number of amides is 1. The van der Waals surface area contributed by atoms with Crippen molar-refractivity contribution >= 4 is 11.9 Å². The number of hydrogen-bond donors (Lipinski definition) is 0. The second-order valence-electron chi connectivity index (χ2n) is 8.38. The fourth-order valence-electron chi connectivity index (χ4n) is 4.72. The first-order chi connectivity index (χ1) is 13.5. The Morgan fingerprint density at radius 1 is 1.25 bits per heavy atom. The standard InChI is InChI=1S/C20H31N5O3/c1-13(2)23-7-5-15(6-8-23)25-16-10-24(11-17(16)28-20(25)26)19-9-14(3)21-18(22-19)12-27-4/h9,13,15-17H,5-8,10-12H2,1-4H3/t16-,17+/m1/s1. The lowest BCUT2D eigenvalue weighted by molar-refractivity contribution is 0.0946. The molecular formula is C20H31N5O3. The molecule has 8 heteroatoms. The fourth-order valence-corrected chi connectivity index (χ4v) is 4.72. The van der Waals surface area contributed by atoms with Gasteiger partial charge in [0.05, 0.1) is 12.6 Å². The van der Waals surface area contributed by atoms with Crippen LogP contribution in [0.4, 0.5) is 10.6 Å². The average Bonchev–Trinajstić information content (AvgIpc) is 3.18. The first-order valence-corrected chi connectivity index (χ1v) is 10.3. The van der Waals surface area contributed by atoms with E-state index in [2.05, 4.69) is 33.6 Å². The van der Waals surface area contributed by atoms with E-state index in [0.717, 1.165) is 44.0 Å². The van der Waals surface area contributed by atoms with Crippen LogP contribution < -0.4 is 4.90 Å². The molecule has 0 bridgehead atoms. The molecule has 4 rings (SSSR count). The van der Waals surface area contributed by atoms with Crippen LogP contribution >= 0.6 is 0 Å². The van der Waals surface area contributed by atoms with Crippen LogP contribution in [0.25, 0.3) is 0 Å². The van der Waals surface area contributed by atoms with Crippen molar-refractivity contribution in [1.82, 2.24) is 19.8 Å². The number of piperidine rings is 1. The number of methoxy groups -OCH3 is 1. The number of fused-ring (bicyclic) bond motifs is 1. The fraction of sp³-hybridized carbons (Fsp3) is 0.750. The van der Waals surface area contributed by atoms with Crippen molar-refractivity contribution in [3.05, 3.63) is 17.6 Å². The van der Waals surface area contributed by atoms with E-state index in [0.29, 0.717) is 25.0 Å². The Hall–Kier alpha value is -1.93. The monoisotopic (exact) mass is 389 g/mol. The van der Waals surface area contributed by atoms with Gasteiger partial charge in [-0.05, 0) is 33.6 Å². The number of nitrogens with zero attached hydrogens (tertiary/aromatic N) is 5. The molecule has 1 aromatic heterocycles. The third-order valence-corrected chi connectivity index (χ3v) is 6.16. The first kappa shape index (κ1) is 19.4. The Bertz CT molecular complexity index is 720. The summed E-state index contributed by atoms with van der Waals surface area (Å²) in [7, 11) is 1.65. The summed E-state index contributed by atoms with van der Waals surface area (Å²) < 4.78 is 10.9. The van der Waals surface area contributed by atoms with E-state index >= 15 is 0 Å². The Labute approximate surface area is 166 Å². The van der Waals surface area contributed by atoms with E-state index in [1.807, 2.05) is 17.9 Å². The number of anilines is 1. The number of aromatic nitrogens is 2. The van der Waals surface area contributed by atoms with E-state index in [1.54, 1.807) is 7.11 Å². The molecule has 154 valence electrons. The minimum absolute atomic E-state index is 0.0863. The lowest BCUT2D eigenvalue weighted by Crippen LogP contribution is -2.51. The van der Waals surface area contributed by atoms with Gasteiger partial charge in [-0.3, -0.25) is 4.90 Å². The van der Waals surface area contributed by atoms with E-state index < -0.39 is 0 Å². The van der Waals surface area contributed by atoms with Crippen molar-refractivity contribution in [2.45, 2.75) is 64.4 Å². The van der Waals surface area contributed by atoms with Gasteiger partial charge in [-0.25, -0.2) is 14.8 Å². The highest BCUT2D eigenvalue weighted by Crippen LogP contribution is 2.34. The van der Waals surface area contributed by atoms with Crippen LogP contribution in [0.15, 0.2) is 6.07 Å². The number of carbonyl (C=O) groups excluding carboxylic acids is 1. The quantitative estimate of drug-likeness (QED) is 0.761. The predicted octanol–water partition coefficient (Wildman–Crippen LogP) is 1.81. The summed E-state index contributed by atoms with van der Waals surface area (Å²) in [4.78, 5) is 28.4. The molecule has 3 fully saturated rings. The zero-order valence-corrected chi connectivity index (χ0v) is 17.3. The van der Waals surface area contributed by atoms with Crippen molar-refractivity contribution in [3.63, 3.8) is 0 Å². The molecule has 28 heavy (non-hydrogen) atoms. The molecule has 0 saturated carbocycles. The predicted molar refractivity (Wildman–Crippen MR) is 105 cm³/mol. The van der Waals surface area contributed by atoms with Gasteiger partial charge in [0.15, 0.2) is 5.82 Å². The van der Waals surface area contributed by atoms with E-state index in [-0.39, 0.29) is 24.3 Å². The molecule has 4 heterocycles. The van der Waals surface area contributed by atoms with Crippen LogP contribution in [0, 0.1) is 6.92 Å². The first-order valence-electron chi connectivity index (χ1n) is 10.3. The summed E-state index contributed by atoms with van der Waals surface area (Å²) in [5, 5.41) is 0. The van der Waals surface area contributed by atoms with Crippen molar-refractivity contribution in [2.75, 3.05) is 38.2 Å². The third kappa shape index (κ3) is 3.67. The summed E-state index contributed by atoms with van der Waals surface area (Å²) >= 11 is 0. The number of rotatable bonds is 5. The van der Waals surface area contributed by atoms with Crippen LogP contribution in [0.1, 0.15) is 38.2 Å². The van der Waals surface area contributed by atoms with Gasteiger partial charge < -0.3 is 19.3 Å². The lowest BCUT2D eigenvalue weighted by Gasteiger charge is -2.39. The Kier molecular flexibility index (Phi) is 5.42. The summed E-state index contributed by atoms with van der Waals surface area (Å²) in [6.07, 6.45) is 1.80. The maximum Gasteiger partial charge on any atom is 0.410 e. The van der Waals surface area contributed by atoms with Gasteiger partial charge in [-0.2, -0.15) is 0 Å². The van der Waals surface area contributed by atoms with Crippen LogP contribution in [-0.4, -0.2) is 83.4 Å². The molecule has 0 N–H and O–H groups in total. The number of carbonyl (C=O) groups is 1. The minimum Gasteiger partial charge on any atom is -0.442 e. The van der Waals surface area contributed by atoms with Gasteiger partial charge in [0.1, 0.15) is 18.5 Å². The molecule has 3 saturated heterocycles. The van der Waals surface area contributed by atoms with Gasteiger partial charge in [-0.1, -0.05) is 0 Å². The summed E-state index contributed by atoms with van der Waals surface area (Å²) in [5.41, 5.74) is 0.920. The Morgan fingerprint density at radius 2 is 2.00 bits per heavy atom. The van der Waals surface area contributed by atoms with Crippen LogP contribution in [0.5, 0.6) is 0 Å². The highest BCUT2D eigenvalue weighted by molar-refractivity contribution is 5.72. The van der Waals surface area contributed by atoms with E-state index in [1.165, 1.54) is 0 Å². The normalized spacial score (nSPS) is 26.2. The second kappa shape index (κ2) is 7.83. The van der Waals surface area contributed by atoms with Crippen LogP contribution in [-0.2, 0) is 16.1 Å². The largest absolute Gasteiger partial charge is 0.442 e. The molecular weight excluding hydrogens is 358 g/mol. The van der Waals surface area contributed by atoms with Crippen molar-refractivity contribution in [3.8, 4) is 0 Å². The molecule has 3 aliphatic heterocycles. The molecule has 0 aliphatic carbocycles. The molecule has 3 aliphatic rings. The summed E-state index contributed by atoms with van der Waals surface area (Å²) in [6.45, 7) is 10.3. The van der Waals surface area contributed by atoms with Crippen molar-refractivity contribution in [1.29, 1.82) is 0 Å². The number of likely N-dealkylation sites (tertiary alicyclic amines) is 1. The number of aryl methyl sites for hydroxylation is 1. The molecule has 0 unspecified atom stereocenters. The highest BCUT2D eigenvalue weighted by atomic mass is 16.6. The minimum atomic E-state index is -0.142.